The Morgan fingerprint density at radius 2 is 2.25 bits per heavy atom. The Kier molecular flexibility index (Phi) is 4.38. The van der Waals surface area contributed by atoms with Crippen molar-refractivity contribution in [3.8, 4) is 11.8 Å². The molecular formula is C15H16N2O3. The van der Waals surface area contributed by atoms with Gasteiger partial charge >= 0.3 is 0 Å². The molecule has 1 aliphatic rings. The molecule has 2 N–H and O–H groups in total. The number of carbonyl (C=O) groups is 2. The fourth-order valence-corrected chi connectivity index (χ4v) is 2.13. The van der Waals surface area contributed by atoms with E-state index in [9.17, 15) is 9.59 Å². The van der Waals surface area contributed by atoms with Crippen LogP contribution in [0.15, 0.2) is 24.3 Å². The zero-order chi connectivity index (χ0) is 14.5. The Balaban J connectivity index is 2.31. The summed E-state index contributed by atoms with van der Waals surface area (Å²) in [6.07, 6.45) is 0. The minimum absolute atomic E-state index is 0.150. The topological polar surface area (TPSA) is 69.6 Å². The standard InChI is InChI=1S/C15H16N2O3/c1-11-14(19)16-8-9-17(11)15(20)13-7-3-2-5-12(13)6-4-10-18/h2-3,5,7,11,18H,8-10H2,1H3,(H,16,19). The zero-order valence-corrected chi connectivity index (χ0v) is 11.2. The molecule has 0 saturated carbocycles. The number of amides is 2. The molecule has 1 atom stereocenters. The fraction of sp³-hybridized carbons (Fsp3) is 0.333. The summed E-state index contributed by atoms with van der Waals surface area (Å²) in [5.74, 6) is 4.94. The maximum absolute atomic E-state index is 12.6. The maximum atomic E-state index is 12.6. The highest BCUT2D eigenvalue weighted by molar-refractivity contribution is 5.99. The van der Waals surface area contributed by atoms with Crippen molar-refractivity contribution in [3.63, 3.8) is 0 Å². The van der Waals surface area contributed by atoms with Gasteiger partial charge in [-0.3, -0.25) is 9.59 Å². The number of aliphatic hydroxyl groups excluding tert-OH is 1. The second-order valence-corrected chi connectivity index (χ2v) is 4.47. The van der Waals surface area contributed by atoms with E-state index in [-0.39, 0.29) is 18.4 Å². The van der Waals surface area contributed by atoms with Gasteiger partial charge in [0.1, 0.15) is 12.6 Å². The van der Waals surface area contributed by atoms with E-state index in [0.717, 1.165) is 0 Å². The van der Waals surface area contributed by atoms with Gasteiger partial charge in [0.05, 0.1) is 5.56 Å². The number of nitrogens with zero attached hydrogens (tertiary/aromatic N) is 1. The summed E-state index contributed by atoms with van der Waals surface area (Å²) in [6, 6.07) is 6.46. The molecule has 0 radical (unpaired) electrons. The predicted octanol–water partition coefficient (Wildman–Crippen LogP) is -0.00910. The molecule has 0 spiro atoms. The summed E-state index contributed by atoms with van der Waals surface area (Å²) in [7, 11) is 0. The van der Waals surface area contributed by atoms with Crippen molar-refractivity contribution in [2.45, 2.75) is 13.0 Å². The monoisotopic (exact) mass is 272 g/mol. The van der Waals surface area contributed by atoms with Crippen molar-refractivity contribution in [1.82, 2.24) is 10.2 Å². The summed E-state index contributed by atoms with van der Waals surface area (Å²) >= 11 is 0. The van der Waals surface area contributed by atoms with E-state index in [1.165, 1.54) is 4.90 Å². The van der Waals surface area contributed by atoms with E-state index in [1.807, 2.05) is 0 Å². The van der Waals surface area contributed by atoms with Gasteiger partial charge in [-0.25, -0.2) is 0 Å². The number of piperazine rings is 1. The summed E-state index contributed by atoms with van der Waals surface area (Å²) in [4.78, 5) is 25.7. The van der Waals surface area contributed by atoms with Crippen LogP contribution in [0.25, 0.3) is 0 Å². The van der Waals surface area contributed by atoms with Crippen LogP contribution in [-0.2, 0) is 4.79 Å². The van der Waals surface area contributed by atoms with E-state index in [1.54, 1.807) is 31.2 Å². The average molecular weight is 272 g/mol. The number of benzene rings is 1. The number of carbonyl (C=O) groups excluding carboxylic acids is 2. The maximum Gasteiger partial charge on any atom is 0.255 e. The third kappa shape index (κ3) is 2.81. The highest BCUT2D eigenvalue weighted by Gasteiger charge is 2.30. The van der Waals surface area contributed by atoms with E-state index < -0.39 is 6.04 Å². The number of aliphatic hydroxyl groups is 1. The first-order valence-electron chi connectivity index (χ1n) is 6.42. The molecule has 1 heterocycles. The molecule has 2 amide bonds. The second-order valence-electron chi connectivity index (χ2n) is 4.47. The molecule has 104 valence electrons. The minimum Gasteiger partial charge on any atom is -0.384 e. The lowest BCUT2D eigenvalue weighted by Crippen LogP contribution is -2.55. The first kappa shape index (κ1) is 14.1. The normalized spacial score (nSPS) is 18.0. The molecule has 1 aromatic carbocycles. The lowest BCUT2D eigenvalue weighted by molar-refractivity contribution is -0.127. The lowest BCUT2D eigenvalue weighted by Gasteiger charge is -2.33. The molecule has 1 fully saturated rings. The highest BCUT2D eigenvalue weighted by Crippen LogP contribution is 2.14. The van der Waals surface area contributed by atoms with Crippen LogP contribution in [-0.4, -0.2) is 47.6 Å². The van der Waals surface area contributed by atoms with Gasteiger partial charge in [-0.05, 0) is 19.1 Å². The number of nitrogens with one attached hydrogen (secondary N) is 1. The van der Waals surface area contributed by atoms with Gasteiger partial charge in [0.2, 0.25) is 5.91 Å². The van der Waals surface area contributed by atoms with Crippen molar-refractivity contribution in [3.05, 3.63) is 35.4 Å². The molecule has 1 aromatic rings. The summed E-state index contributed by atoms with van der Waals surface area (Å²) in [6.45, 7) is 2.38. The molecule has 0 aromatic heterocycles. The van der Waals surface area contributed by atoms with Gasteiger partial charge in [-0.1, -0.05) is 24.0 Å². The highest BCUT2D eigenvalue weighted by atomic mass is 16.2. The summed E-state index contributed by atoms with van der Waals surface area (Å²) in [5.41, 5.74) is 1.01. The largest absolute Gasteiger partial charge is 0.384 e. The second kappa shape index (κ2) is 6.22. The van der Waals surface area contributed by atoms with E-state index in [4.69, 9.17) is 5.11 Å². The van der Waals surface area contributed by atoms with Crippen molar-refractivity contribution in [2.24, 2.45) is 0 Å². The van der Waals surface area contributed by atoms with E-state index in [0.29, 0.717) is 24.2 Å². The average Bonchev–Trinajstić information content (AvgIpc) is 2.47. The quantitative estimate of drug-likeness (QED) is 0.707. The van der Waals surface area contributed by atoms with Crippen LogP contribution in [0.2, 0.25) is 0 Å². The minimum atomic E-state index is -0.491. The van der Waals surface area contributed by atoms with Crippen molar-refractivity contribution in [1.29, 1.82) is 0 Å². The molecule has 5 heteroatoms. The molecule has 1 saturated heterocycles. The molecule has 0 aliphatic carbocycles. The van der Waals surface area contributed by atoms with Gasteiger partial charge in [0.15, 0.2) is 0 Å². The predicted molar refractivity (Wildman–Crippen MR) is 73.9 cm³/mol. The Bertz CT molecular complexity index is 586. The third-order valence-electron chi connectivity index (χ3n) is 3.22. The van der Waals surface area contributed by atoms with Gasteiger partial charge < -0.3 is 15.3 Å². The molecule has 5 nitrogen and oxygen atoms in total. The molecule has 20 heavy (non-hydrogen) atoms. The third-order valence-corrected chi connectivity index (χ3v) is 3.22. The summed E-state index contributed by atoms with van der Waals surface area (Å²) in [5, 5.41) is 11.5. The van der Waals surface area contributed by atoms with Crippen LogP contribution >= 0.6 is 0 Å². The van der Waals surface area contributed by atoms with E-state index in [2.05, 4.69) is 17.2 Å². The first-order valence-corrected chi connectivity index (χ1v) is 6.42. The Morgan fingerprint density at radius 3 is 3.00 bits per heavy atom. The van der Waals surface area contributed by atoms with E-state index >= 15 is 0 Å². The first-order chi connectivity index (χ1) is 9.65. The van der Waals surface area contributed by atoms with Crippen molar-refractivity contribution >= 4 is 11.8 Å². The Morgan fingerprint density at radius 1 is 1.50 bits per heavy atom. The van der Waals surface area contributed by atoms with Gasteiger partial charge in [0, 0.05) is 18.7 Å². The summed E-state index contributed by atoms with van der Waals surface area (Å²) < 4.78 is 0. The molecule has 0 bridgehead atoms. The van der Waals surface area contributed by atoms with Crippen LogP contribution in [0.1, 0.15) is 22.8 Å². The number of rotatable bonds is 1. The molecule has 1 aliphatic heterocycles. The molecule has 1 unspecified atom stereocenters. The number of hydrogen-bond acceptors (Lipinski definition) is 3. The SMILES string of the molecule is CC1C(=O)NCCN1C(=O)c1ccccc1C#CCO. The van der Waals surface area contributed by atoms with Gasteiger partial charge in [-0.2, -0.15) is 0 Å². The van der Waals surface area contributed by atoms with Crippen molar-refractivity contribution in [2.75, 3.05) is 19.7 Å². The Hall–Kier alpha value is -2.32. The zero-order valence-electron chi connectivity index (χ0n) is 11.2. The Labute approximate surface area is 117 Å². The van der Waals surface area contributed by atoms with Gasteiger partial charge in [-0.15, -0.1) is 0 Å². The smallest absolute Gasteiger partial charge is 0.255 e. The van der Waals surface area contributed by atoms with Crippen LogP contribution < -0.4 is 5.32 Å². The fourth-order valence-electron chi connectivity index (χ4n) is 2.13. The number of hydrogen-bond donors (Lipinski definition) is 2. The van der Waals surface area contributed by atoms with Gasteiger partial charge in [0.25, 0.3) is 5.91 Å². The van der Waals surface area contributed by atoms with Crippen LogP contribution in [0.4, 0.5) is 0 Å². The molecule has 2 rings (SSSR count). The van der Waals surface area contributed by atoms with Crippen LogP contribution in [0.3, 0.4) is 0 Å². The van der Waals surface area contributed by atoms with Crippen LogP contribution in [0.5, 0.6) is 0 Å². The lowest BCUT2D eigenvalue weighted by atomic mass is 10.0. The van der Waals surface area contributed by atoms with Crippen LogP contribution in [0, 0.1) is 11.8 Å². The van der Waals surface area contributed by atoms with Crippen molar-refractivity contribution < 1.29 is 14.7 Å². The molecular weight excluding hydrogens is 256 g/mol.